The van der Waals surface area contributed by atoms with Gasteiger partial charge in [0.2, 0.25) is 0 Å². The van der Waals surface area contributed by atoms with Crippen molar-refractivity contribution in [3.63, 3.8) is 0 Å². The van der Waals surface area contributed by atoms with Gasteiger partial charge in [-0.3, -0.25) is 0 Å². The Morgan fingerprint density at radius 1 is 1.44 bits per heavy atom. The van der Waals surface area contributed by atoms with Crippen molar-refractivity contribution >= 4 is 5.82 Å². The van der Waals surface area contributed by atoms with E-state index in [1.807, 2.05) is 13.0 Å². The molecule has 0 bridgehead atoms. The third-order valence-electron chi connectivity index (χ3n) is 2.03. The van der Waals surface area contributed by atoms with E-state index in [4.69, 9.17) is 10.6 Å². The molecule has 1 aromatic heterocycles. The summed E-state index contributed by atoms with van der Waals surface area (Å²) >= 11 is 0. The number of nitrogen functional groups attached to an aromatic ring is 1. The van der Waals surface area contributed by atoms with Gasteiger partial charge in [-0.2, -0.15) is 0 Å². The molecule has 0 aliphatic carbocycles. The maximum Gasteiger partial charge on any atom is 0.156 e. The molecular weight excluding hydrogens is 204 g/mol. The molecule has 0 aliphatic rings. The highest BCUT2D eigenvalue weighted by Gasteiger charge is 2.05. The highest BCUT2D eigenvalue weighted by molar-refractivity contribution is 5.34. The van der Waals surface area contributed by atoms with E-state index in [-0.39, 0.29) is 0 Å². The van der Waals surface area contributed by atoms with Crippen molar-refractivity contribution < 1.29 is 4.74 Å². The second-order valence-corrected chi connectivity index (χ2v) is 4.04. The molecule has 1 aromatic rings. The molecule has 0 radical (unpaired) electrons. The topological polar surface area (TPSA) is 73.1 Å². The lowest BCUT2D eigenvalue weighted by Crippen LogP contribution is -2.13. The second kappa shape index (κ2) is 6.40. The Kier molecular flexibility index (Phi) is 5.14. The maximum absolute atomic E-state index is 5.37. The molecule has 5 nitrogen and oxygen atoms in total. The van der Waals surface area contributed by atoms with Crippen LogP contribution in [-0.2, 0) is 17.8 Å². The molecule has 0 amide bonds. The Hall–Kier alpha value is -1.20. The Labute approximate surface area is 96.4 Å². The Morgan fingerprint density at radius 3 is 2.75 bits per heavy atom. The van der Waals surface area contributed by atoms with Crippen molar-refractivity contribution in [3.8, 4) is 0 Å². The van der Waals surface area contributed by atoms with E-state index in [1.165, 1.54) is 0 Å². The zero-order valence-electron chi connectivity index (χ0n) is 10.2. The molecule has 0 aromatic carbocycles. The van der Waals surface area contributed by atoms with Gasteiger partial charge >= 0.3 is 0 Å². The molecule has 0 saturated heterocycles. The number of ether oxygens (including phenoxy) is 1. The number of rotatable bonds is 6. The molecule has 5 heteroatoms. The minimum Gasteiger partial charge on any atom is -0.374 e. The molecule has 0 aliphatic heterocycles. The van der Waals surface area contributed by atoms with Gasteiger partial charge in [0.05, 0.1) is 0 Å². The van der Waals surface area contributed by atoms with E-state index in [9.17, 15) is 0 Å². The van der Waals surface area contributed by atoms with Crippen LogP contribution < -0.4 is 11.3 Å². The Bertz CT molecular complexity index is 328. The summed E-state index contributed by atoms with van der Waals surface area (Å²) in [7, 11) is 0. The van der Waals surface area contributed by atoms with E-state index < -0.39 is 0 Å². The van der Waals surface area contributed by atoms with E-state index in [0.717, 1.165) is 12.1 Å². The van der Waals surface area contributed by atoms with Gasteiger partial charge in [-0.05, 0) is 19.3 Å². The zero-order chi connectivity index (χ0) is 12.0. The van der Waals surface area contributed by atoms with Crippen molar-refractivity contribution in [1.82, 2.24) is 9.97 Å². The van der Waals surface area contributed by atoms with Crippen LogP contribution in [0, 0.1) is 5.92 Å². The fourth-order valence-electron chi connectivity index (χ4n) is 1.41. The monoisotopic (exact) mass is 224 g/mol. The number of hydrogen-bond acceptors (Lipinski definition) is 5. The minimum absolute atomic E-state index is 0.428. The summed E-state index contributed by atoms with van der Waals surface area (Å²) in [5.74, 6) is 7.24. The molecule has 3 N–H and O–H groups in total. The summed E-state index contributed by atoms with van der Waals surface area (Å²) < 4.78 is 5.29. The first-order valence-electron chi connectivity index (χ1n) is 5.56. The summed E-state index contributed by atoms with van der Waals surface area (Å²) in [6, 6.07) is 1.87. The Morgan fingerprint density at radius 2 is 2.19 bits per heavy atom. The first kappa shape index (κ1) is 12.9. The Balaban J connectivity index is 2.82. The first-order valence-corrected chi connectivity index (χ1v) is 5.56. The molecule has 1 rings (SSSR count). The fraction of sp³-hybridized carbons (Fsp3) is 0.636. The molecule has 16 heavy (non-hydrogen) atoms. The number of aromatic nitrogens is 2. The van der Waals surface area contributed by atoms with Crippen LogP contribution in [0.5, 0.6) is 0 Å². The average molecular weight is 224 g/mol. The van der Waals surface area contributed by atoms with Gasteiger partial charge in [-0.15, -0.1) is 0 Å². The number of hydrogen-bond donors (Lipinski definition) is 2. The van der Waals surface area contributed by atoms with Crippen LogP contribution in [0.15, 0.2) is 6.07 Å². The minimum atomic E-state index is 0.428. The summed E-state index contributed by atoms with van der Waals surface area (Å²) in [6.45, 7) is 7.33. The third kappa shape index (κ3) is 4.12. The van der Waals surface area contributed by atoms with Crippen LogP contribution >= 0.6 is 0 Å². The van der Waals surface area contributed by atoms with Gasteiger partial charge in [0.25, 0.3) is 0 Å². The van der Waals surface area contributed by atoms with Gasteiger partial charge < -0.3 is 10.2 Å². The summed E-state index contributed by atoms with van der Waals surface area (Å²) in [5, 5.41) is 0. The predicted molar refractivity (Wildman–Crippen MR) is 63.7 cm³/mol. The standard InChI is InChI=1S/C11H20N4O/c1-4-16-7-11-13-9(5-8(2)3)6-10(14-11)15-12/h6,8H,4-5,7,12H2,1-3H3,(H,13,14,15). The predicted octanol–water partition coefficient (Wildman–Crippen LogP) is 1.50. The molecule has 0 spiro atoms. The molecule has 0 fully saturated rings. The number of hydrazine groups is 1. The van der Waals surface area contributed by atoms with Crippen LogP contribution in [0.4, 0.5) is 5.82 Å². The van der Waals surface area contributed by atoms with Gasteiger partial charge in [0.15, 0.2) is 5.82 Å². The highest BCUT2D eigenvalue weighted by Crippen LogP contribution is 2.10. The van der Waals surface area contributed by atoms with Gasteiger partial charge in [0.1, 0.15) is 12.4 Å². The van der Waals surface area contributed by atoms with Crippen molar-refractivity contribution in [2.75, 3.05) is 12.0 Å². The van der Waals surface area contributed by atoms with Gasteiger partial charge in [-0.1, -0.05) is 13.8 Å². The lowest BCUT2D eigenvalue weighted by molar-refractivity contribution is 0.128. The molecule has 0 saturated carbocycles. The van der Waals surface area contributed by atoms with Crippen molar-refractivity contribution in [3.05, 3.63) is 17.6 Å². The summed E-state index contributed by atoms with van der Waals surface area (Å²) in [6.07, 6.45) is 0.913. The fourth-order valence-corrected chi connectivity index (χ4v) is 1.41. The highest BCUT2D eigenvalue weighted by atomic mass is 16.5. The molecular formula is C11H20N4O. The van der Waals surface area contributed by atoms with E-state index in [1.54, 1.807) is 0 Å². The van der Waals surface area contributed by atoms with Crippen LogP contribution in [-0.4, -0.2) is 16.6 Å². The number of anilines is 1. The largest absolute Gasteiger partial charge is 0.374 e. The quantitative estimate of drug-likeness (QED) is 0.566. The maximum atomic E-state index is 5.37. The van der Waals surface area contributed by atoms with Crippen LogP contribution in [0.25, 0.3) is 0 Å². The molecule has 0 atom stereocenters. The van der Waals surface area contributed by atoms with Gasteiger partial charge in [0, 0.05) is 18.4 Å². The van der Waals surface area contributed by atoms with Crippen molar-refractivity contribution in [1.29, 1.82) is 0 Å². The average Bonchev–Trinajstić information content (AvgIpc) is 2.25. The lowest BCUT2D eigenvalue weighted by Gasteiger charge is -2.09. The molecule has 0 unspecified atom stereocenters. The SMILES string of the molecule is CCOCc1nc(CC(C)C)cc(NN)n1. The molecule has 90 valence electrons. The third-order valence-corrected chi connectivity index (χ3v) is 2.03. The van der Waals surface area contributed by atoms with E-state index in [2.05, 4.69) is 29.2 Å². The number of nitrogens with zero attached hydrogens (tertiary/aromatic N) is 2. The first-order chi connectivity index (χ1) is 7.65. The zero-order valence-corrected chi connectivity index (χ0v) is 10.2. The smallest absolute Gasteiger partial charge is 0.156 e. The number of nitrogens with one attached hydrogen (secondary N) is 1. The number of nitrogens with two attached hydrogens (primary N) is 1. The van der Waals surface area contributed by atoms with E-state index >= 15 is 0 Å². The van der Waals surface area contributed by atoms with Gasteiger partial charge in [-0.25, -0.2) is 15.8 Å². The lowest BCUT2D eigenvalue weighted by atomic mass is 10.1. The van der Waals surface area contributed by atoms with Crippen LogP contribution in [0.2, 0.25) is 0 Å². The second-order valence-electron chi connectivity index (χ2n) is 4.04. The van der Waals surface area contributed by atoms with Crippen molar-refractivity contribution in [2.24, 2.45) is 11.8 Å². The summed E-state index contributed by atoms with van der Waals surface area (Å²) in [4.78, 5) is 8.65. The van der Waals surface area contributed by atoms with Crippen LogP contribution in [0.3, 0.4) is 0 Å². The normalized spacial score (nSPS) is 10.8. The van der Waals surface area contributed by atoms with Crippen molar-refractivity contribution in [2.45, 2.75) is 33.8 Å². The van der Waals surface area contributed by atoms with E-state index in [0.29, 0.717) is 30.8 Å². The summed E-state index contributed by atoms with van der Waals surface area (Å²) in [5.41, 5.74) is 3.54. The molecule has 1 heterocycles. The van der Waals surface area contributed by atoms with Crippen LogP contribution in [0.1, 0.15) is 32.3 Å².